The van der Waals surface area contributed by atoms with Crippen molar-refractivity contribution in [2.45, 2.75) is 25.9 Å². The van der Waals surface area contributed by atoms with E-state index in [1.165, 1.54) is 4.90 Å². The zero-order valence-corrected chi connectivity index (χ0v) is 12.6. The Labute approximate surface area is 128 Å². The monoisotopic (exact) mass is 306 g/mol. The lowest BCUT2D eigenvalue weighted by molar-refractivity contribution is -0.130. The van der Waals surface area contributed by atoms with Gasteiger partial charge in [0.05, 0.1) is 5.56 Å². The molecule has 1 amide bonds. The molecule has 2 heterocycles. The van der Waals surface area contributed by atoms with Crippen LogP contribution in [0, 0.1) is 19.8 Å². The van der Waals surface area contributed by atoms with E-state index in [1.807, 2.05) is 0 Å². The molecule has 0 radical (unpaired) electrons. The molecular formula is C16H19FN2O3. The molecule has 0 aromatic heterocycles. The fraction of sp³-hybridized carbons (Fsp3) is 0.500. The third-order valence-corrected chi connectivity index (χ3v) is 4.86. The summed E-state index contributed by atoms with van der Waals surface area (Å²) < 4.78 is 15.0. The van der Waals surface area contributed by atoms with E-state index < -0.39 is 17.5 Å². The maximum absolute atomic E-state index is 15.0. The number of halogens is 1. The molecule has 0 spiro atoms. The van der Waals surface area contributed by atoms with Crippen molar-refractivity contribution >= 4 is 17.6 Å². The van der Waals surface area contributed by atoms with Gasteiger partial charge >= 0.3 is 5.97 Å². The molecule has 2 saturated heterocycles. The molecule has 1 aromatic carbocycles. The van der Waals surface area contributed by atoms with Gasteiger partial charge in [-0.3, -0.25) is 4.79 Å². The van der Waals surface area contributed by atoms with Gasteiger partial charge in [0.1, 0.15) is 0 Å². The van der Waals surface area contributed by atoms with Gasteiger partial charge < -0.3 is 15.3 Å². The number of hydrogen-bond acceptors (Lipinski definition) is 3. The van der Waals surface area contributed by atoms with Crippen LogP contribution in [0.15, 0.2) is 12.1 Å². The second kappa shape index (κ2) is 5.05. The summed E-state index contributed by atoms with van der Waals surface area (Å²) in [5, 5.41) is 12.5. The maximum atomic E-state index is 15.0. The van der Waals surface area contributed by atoms with Gasteiger partial charge in [-0.05, 0) is 37.6 Å². The number of amides is 1. The molecule has 0 unspecified atom stereocenters. The van der Waals surface area contributed by atoms with Crippen LogP contribution in [0.2, 0.25) is 0 Å². The lowest BCUT2D eigenvalue weighted by Gasteiger charge is -2.29. The molecule has 3 rings (SSSR count). The number of carboxylic acid groups (broad SMARTS) is 1. The highest BCUT2D eigenvalue weighted by Gasteiger charge is 2.56. The minimum absolute atomic E-state index is 0.170. The molecule has 1 aromatic rings. The standard InChI is InChI=1S/C16H19FN2O3/c1-9-3-4-12(10(2)13(9)14(20)21)19-8-11-7-18-6-5-16(11,17)15(19)22/h3-4,11,18H,5-8H2,1-2H3,(H,20,21)/t11-,16+/m0/s1. The van der Waals surface area contributed by atoms with Gasteiger partial charge in [0, 0.05) is 31.1 Å². The highest BCUT2D eigenvalue weighted by molar-refractivity contribution is 6.04. The first-order valence-corrected chi connectivity index (χ1v) is 7.41. The first kappa shape index (κ1) is 15.0. The number of nitrogens with zero attached hydrogens (tertiary/aromatic N) is 1. The van der Waals surface area contributed by atoms with Crippen LogP contribution in [-0.2, 0) is 4.79 Å². The number of aryl methyl sites for hydroxylation is 1. The summed E-state index contributed by atoms with van der Waals surface area (Å²) in [7, 11) is 0. The Morgan fingerprint density at radius 1 is 1.45 bits per heavy atom. The summed E-state index contributed by atoms with van der Waals surface area (Å²) in [6, 6.07) is 3.38. The van der Waals surface area contributed by atoms with Gasteiger partial charge in [-0.2, -0.15) is 0 Å². The van der Waals surface area contributed by atoms with E-state index in [2.05, 4.69) is 5.32 Å². The number of benzene rings is 1. The number of nitrogens with one attached hydrogen (secondary N) is 1. The van der Waals surface area contributed by atoms with Gasteiger partial charge in [0.2, 0.25) is 0 Å². The fourth-order valence-electron chi connectivity index (χ4n) is 3.60. The first-order chi connectivity index (χ1) is 10.4. The SMILES string of the molecule is Cc1ccc(N2C[C@@H]3CNCC[C@]3(F)C2=O)c(C)c1C(=O)O. The predicted molar refractivity (Wildman–Crippen MR) is 80.0 cm³/mol. The highest BCUT2D eigenvalue weighted by Crippen LogP contribution is 2.41. The normalized spacial score (nSPS) is 27.9. The summed E-state index contributed by atoms with van der Waals surface area (Å²) in [5.41, 5.74) is 0.00233. The lowest BCUT2D eigenvalue weighted by Crippen LogP contribution is -2.49. The Kier molecular flexibility index (Phi) is 3.44. The van der Waals surface area contributed by atoms with Gasteiger partial charge in [0.15, 0.2) is 5.67 Å². The molecule has 0 aliphatic carbocycles. The summed E-state index contributed by atoms with van der Waals surface area (Å²) in [5.74, 6) is -1.96. The van der Waals surface area contributed by atoms with Gasteiger partial charge in [-0.25, -0.2) is 9.18 Å². The van der Waals surface area contributed by atoms with Crippen LogP contribution in [0.1, 0.15) is 27.9 Å². The molecule has 22 heavy (non-hydrogen) atoms. The number of carbonyl (C=O) groups is 2. The average Bonchev–Trinajstić information content (AvgIpc) is 2.71. The van der Waals surface area contributed by atoms with Crippen molar-refractivity contribution in [1.82, 2.24) is 5.32 Å². The molecule has 2 atom stereocenters. The second-order valence-corrected chi connectivity index (χ2v) is 6.14. The van der Waals surface area contributed by atoms with Crippen molar-refractivity contribution in [3.05, 3.63) is 28.8 Å². The molecule has 0 bridgehead atoms. The summed E-state index contributed by atoms with van der Waals surface area (Å²) in [6.07, 6.45) is 0.170. The maximum Gasteiger partial charge on any atom is 0.336 e. The van der Waals surface area contributed by atoms with E-state index in [0.29, 0.717) is 29.9 Å². The van der Waals surface area contributed by atoms with Crippen LogP contribution in [-0.4, -0.2) is 42.3 Å². The molecule has 0 saturated carbocycles. The number of hydrogen-bond donors (Lipinski definition) is 2. The third kappa shape index (κ3) is 2.01. The van der Waals surface area contributed by atoms with Crippen molar-refractivity contribution in [3.63, 3.8) is 0 Å². The number of carboxylic acids is 1. The van der Waals surface area contributed by atoms with E-state index in [9.17, 15) is 14.7 Å². The van der Waals surface area contributed by atoms with Crippen molar-refractivity contribution in [1.29, 1.82) is 0 Å². The zero-order chi connectivity index (χ0) is 16.1. The Hall–Kier alpha value is -1.95. The molecule has 2 fully saturated rings. The number of aromatic carboxylic acids is 1. The quantitative estimate of drug-likeness (QED) is 0.872. The molecule has 5 nitrogen and oxygen atoms in total. The number of alkyl halides is 1. The van der Waals surface area contributed by atoms with E-state index in [1.54, 1.807) is 26.0 Å². The zero-order valence-electron chi connectivity index (χ0n) is 12.6. The summed E-state index contributed by atoms with van der Waals surface area (Å²) in [4.78, 5) is 25.4. The second-order valence-electron chi connectivity index (χ2n) is 6.14. The molecule has 118 valence electrons. The largest absolute Gasteiger partial charge is 0.478 e. The van der Waals surface area contributed by atoms with Crippen molar-refractivity contribution in [2.24, 2.45) is 5.92 Å². The van der Waals surface area contributed by atoms with Crippen molar-refractivity contribution < 1.29 is 19.1 Å². The minimum atomic E-state index is -1.83. The topological polar surface area (TPSA) is 69.6 Å². The van der Waals surface area contributed by atoms with Crippen LogP contribution >= 0.6 is 0 Å². The lowest BCUT2D eigenvalue weighted by atomic mass is 9.86. The summed E-state index contributed by atoms with van der Waals surface area (Å²) in [6.45, 7) is 4.62. The number of carbonyl (C=O) groups excluding carboxylic acids is 1. The van der Waals surface area contributed by atoms with E-state index in [0.717, 1.165) is 0 Å². The van der Waals surface area contributed by atoms with E-state index >= 15 is 4.39 Å². The van der Waals surface area contributed by atoms with Crippen molar-refractivity contribution in [2.75, 3.05) is 24.5 Å². The van der Waals surface area contributed by atoms with Crippen LogP contribution in [0.4, 0.5) is 10.1 Å². The first-order valence-electron chi connectivity index (χ1n) is 7.41. The van der Waals surface area contributed by atoms with Gasteiger partial charge in [-0.15, -0.1) is 0 Å². The minimum Gasteiger partial charge on any atom is -0.478 e. The van der Waals surface area contributed by atoms with Gasteiger partial charge in [0.25, 0.3) is 5.91 Å². The molecule has 2 N–H and O–H groups in total. The van der Waals surface area contributed by atoms with Crippen molar-refractivity contribution in [3.8, 4) is 0 Å². The number of rotatable bonds is 2. The smallest absolute Gasteiger partial charge is 0.336 e. The van der Waals surface area contributed by atoms with E-state index in [4.69, 9.17) is 0 Å². The van der Waals surface area contributed by atoms with Crippen LogP contribution in [0.5, 0.6) is 0 Å². The Balaban J connectivity index is 2.04. The number of anilines is 1. The Morgan fingerprint density at radius 3 is 2.82 bits per heavy atom. The van der Waals surface area contributed by atoms with Crippen LogP contribution in [0.3, 0.4) is 0 Å². The highest BCUT2D eigenvalue weighted by atomic mass is 19.1. The Morgan fingerprint density at radius 2 is 2.18 bits per heavy atom. The Bertz CT molecular complexity index is 661. The molecule has 2 aliphatic rings. The van der Waals surface area contributed by atoms with Crippen LogP contribution in [0.25, 0.3) is 0 Å². The van der Waals surface area contributed by atoms with E-state index in [-0.39, 0.29) is 24.4 Å². The molecule has 6 heteroatoms. The summed E-state index contributed by atoms with van der Waals surface area (Å²) >= 11 is 0. The third-order valence-electron chi connectivity index (χ3n) is 4.86. The molecular weight excluding hydrogens is 287 g/mol. The van der Waals surface area contributed by atoms with Gasteiger partial charge in [-0.1, -0.05) is 6.07 Å². The predicted octanol–water partition coefficient (Wildman–Crippen LogP) is 1.67. The average molecular weight is 306 g/mol. The van der Waals surface area contributed by atoms with Crippen LogP contribution < -0.4 is 10.2 Å². The number of piperidine rings is 1. The number of fused-ring (bicyclic) bond motifs is 1. The molecule has 2 aliphatic heterocycles. The fourth-order valence-corrected chi connectivity index (χ4v) is 3.60.